The lowest BCUT2D eigenvalue weighted by molar-refractivity contribution is 0.467. The third-order valence-electron chi connectivity index (χ3n) is 2.81. The molecule has 0 aromatic carbocycles. The molecule has 3 nitrogen and oxygen atoms in total. The van der Waals surface area contributed by atoms with Crippen molar-refractivity contribution in [3.05, 3.63) is 11.5 Å². The molecule has 4 heteroatoms. The van der Waals surface area contributed by atoms with Crippen molar-refractivity contribution in [1.82, 2.24) is 5.32 Å². The highest BCUT2D eigenvalue weighted by molar-refractivity contribution is 7.94. The third kappa shape index (κ3) is 2.82. The van der Waals surface area contributed by atoms with Crippen molar-refractivity contribution in [1.29, 1.82) is 0 Å². The Hall–Kier alpha value is -0.350. The molecule has 14 heavy (non-hydrogen) atoms. The van der Waals surface area contributed by atoms with Gasteiger partial charge in [-0.3, -0.25) is 0 Å². The Morgan fingerprint density at radius 3 is 2.71 bits per heavy atom. The summed E-state index contributed by atoms with van der Waals surface area (Å²) in [4.78, 5) is 0. The Morgan fingerprint density at radius 1 is 1.50 bits per heavy atom. The number of rotatable bonds is 4. The molecular weight excluding hydrogens is 198 g/mol. The summed E-state index contributed by atoms with van der Waals surface area (Å²) in [6, 6.07) is 0.471. The summed E-state index contributed by atoms with van der Waals surface area (Å²) in [6.07, 6.45) is 5.65. The lowest BCUT2D eigenvalue weighted by Crippen LogP contribution is -2.37. The predicted molar refractivity (Wildman–Crippen MR) is 56.7 cm³/mol. The Balaban J connectivity index is 1.78. The second kappa shape index (κ2) is 3.66. The zero-order chi connectivity index (χ0) is 10.2. The molecule has 0 spiro atoms. The molecule has 1 aliphatic heterocycles. The fraction of sp³-hybridized carbons (Fsp3) is 0.800. The van der Waals surface area contributed by atoms with Crippen molar-refractivity contribution < 1.29 is 8.42 Å². The topological polar surface area (TPSA) is 46.2 Å². The summed E-state index contributed by atoms with van der Waals surface area (Å²) in [5.41, 5.74) is 0. The van der Waals surface area contributed by atoms with Gasteiger partial charge in [-0.15, -0.1) is 0 Å². The molecule has 2 atom stereocenters. The Labute approximate surface area is 85.5 Å². The van der Waals surface area contributed by atoms with Crippen LogP contribution in [0.2, 0.25) is 0 Å². The molecule has 80 valence electrons. The molecule has 2 aliphatic rings. The maximum absolute atomic E-state index is 11.1. The Morgan fingerprint density at radius 2 is 2.21 bits per heavy atom. The maximum Gasteiger partial charge on any atom is 0.173 e. The van der Waals surface area contributed by atoms with Gasteiger partial charge in [0.25, 0.3) is 0 Å². The first kappa shape index (κ1) is 10.2. The van der Waals surface area contributed by atoms with Gasteiger partial charge in [0, 0.05) is 17.5 Å². The zero-order valence-electron chi connectivity index (χ0n) is 8.44. The van der Waals surface area contributed by atoms with Crippen LogP contribution in [0.3, 0.4) is 0 Å². The molecule has 0 aromatic heterocycles. The van der Waals surface area contributed by atoms with Gasteiger partial charge in [0.2, 0.25) is 0 Å². The fourth-order valence-electron chi connectivity index (χ4n) is 1.97. The molecule has 0 amide bonds. The number of hydrogen-bond acceptors (Lipinski definition) is 3. The molecular formula is C10H17NO2S. The van der Waals surface area contributed by atoms with Crippen molar-refractivity contribution in [2.45, 2.75) is 38.3 Å². The minimum Gasteiger partial charge on any atom is -0.307 e. The van der Waals surface area contributed by atoms with E-state index in [4.69, 9.17) is 0 Å². The first-order valence-electron chi connectivity index (χ1n) is 5.22. The smallest absolute Gasteiger partial charge is 0.173 e. The highest BCUT2D eigenvalue weighted by Gasteiger charge is 2.26. The molecule has 0 radical (unpaired) electrons. The van der Waals surface area contributed by atoms with Gasteiger partial charge in [0.05, 0.1) is 5.75 Å². The Bertz CT molecular complexity index is 330. The van der Waals surface area contributed by atoms with E-state index in [0.717, 1.165) is 5.92 Å². The van der Waals surface area contributed by atoms with E-state index < -0.39 is 9.84 Å². The number of nitrogens with one attached hydrogen (secondary N) is 1. The molecule has 1 aliphatic carbocycles. The highest BCUT2D eigenvalue weighted by Crippen LogP contribution is 2.33. The maximum atomic E-state index is 11.1. The fourth-order valence-corrected chi connectivity index (χ4v) is 3.21. The van der Waals surface area contributed by atoms with E-state index in [9.17, 15) is 8.42 Å². The average molecular weight is 215 g/mol. The quantitative estimate of drug-likeness (QED) is 0.763. The molecule has 1 heterocycles. The lowest BCUT2D eigenvalue weighted by atomic mass is 10.1. The van der Waals surface area contributed by atoms with Crippen LogP contribution in [-0.2, 0) is 9.84 Å². The van der Waals surface area contributed by atoms with Gasteiger partial charge in [0.15, 0.2) is 9.84 Å². The molecule has 2 rings (SSSR count). The van der Waals surface area contributed by atoms with E-state index in [2.05, 4.69) is 12.2 Å². The van der Waals surface area contributed by atoms with Gasteiger partial charge in [0.1, 0.15) is 0 Å². The molecule has 0 bridgehead atoms. The standard InChI is InChI=1S/C10H17NO2S/c1-8(6-9-2-3-9)11-10-4-5-14(12,13)7-10/h4-5,8-11H,2-3,6-7H2,1H3. The summed E-state index contributed by atoms with van der Waals surface area (Å²) in [5, 5.41) is 4.67. The number of sulfone groups is 1. The van der Waals surface area contributed by atoms with Crippen molar-refractivity contribution in [3.8, 4) is 0 Å². The van der Waals surface area contributed by atoms with Crippen LogP contribution in [0.15, 0.2) is 11.5 Å². The van der Waals surface area contributed by atoms with Crippen molar-refractivity contribution >= 4 is 9.84 Å². The first-order valence-corrected chi connectivity index (χ1v) is 6.94. The van der Waals surface area contributed by atoms with E-state index >= 15 is 0 Å². The summed E-state index contributed by atoms with van der Waals surface area (Å²) in [7, 11) is -2.90. The molecule has 1 saturated carbocycles. The van der Waals surface area contributed by atoms with E-state index in [1.54, 1.807) is 6.08 Å². The number of hydrogen-bond donors (Lipinski definition) is 1. The van der Waals surface area contributed by atoms with Gasteiger partial charge in [-0.25, -0.2) is 8.42 Å². The van der Waals surface area contributed by atoms with Crippen LogP contribution in [-0.4, -0.2) is 26.3 Å². The van der Waals surface area contributed by atoms with Crippen molar-refractivity contribution in [2.24, 2.45) is 5.92 Å². The molecule has 0 saturated heterocycles. The summed E-state index contributed by atoms with van der Waals surface area (Å²) >= 11 is 0. The van der Waals surface area contributed by atoms with Gasteiger partial charge >= 0.3 is 0 Å². The van der Waals surface area contributed by atoms with Crippen LogP contribution < -0.4 is 5.32 Å². The van der Waals surface area contributed by atoms with Crippen LogP contribution in [0.5, 0.6) is 0 Å². The second-order valence-electron chi connectivity index (χ2n) is 4.51. The summed E-state index contributed by atoms with van der Waals surface area (Å²) in [6.45, 7) is 2.14. The first-order chi connectivity index (χ1) is 6.55. The predicted octanol–water partition coefficient (Wildman–Crippen LogP) is 1.08. The van der Waals surface area contributed by atoms with Crippen LogP contribution in [0.25, 0.3) is 0 Å². The monoisotopic (exact) mass is 215 g/mol. The van der Waals surface area contributed by atoms with E-state index in [-0.39, 0.29) is 11.8 Å². The van der Waals surface area contributed by atoms with E-state index in [0.29, 0.717) is 6.04 Å². The van der Waals surface area contributed by atoms with Crippen LogP contribution in [0.1, 0.15) is 26.2 Å². The minimum atomic E-state index is -2.90. The second-order valence-corrected chi connectivity index (χ2v) is 6.44. The summed E-state index contributed by atoms with van der Waals surface area (Å²) in [5.74, 6) is 1.13. The Kier molecular flexibility index (Phi) is 2.66. The van der Waals surface area contributed by atoms with Crippen LogP contribution in [0, 0.1) is 5.92 Å². The molecule has 0 aromatic rings. The summed E-state index contributed by atoms with van der Waals surface area (Å²) < 4.78 is 22.3. The minimum absolute atomic E-state index is 0.0359. The zero-order valence-corrected chi connectivity index (χ0v) is 9.26. The normalized spacial score (nSPS) is 31.9. The molecule has 2 unspecified atom stereocenters. The van der Waals surface area contributed by atoms with E-state index in [1.807, 2.05) is 0 Å². The van der Waals surface area contributed by atoms with Crippen molar-refractivity contribution in [3.63, 3.8) is 0 Å². The van der Waals surface area contributed by atoms with Crippen LogP contribution >= 0.6 is 0 Å². The highest BCUT2D eigenvalue weighted by atomic mass is 32.2. The van der Waals surface area contributed by atoms with E-state index in [1.165, 1.54) is 24.7 Å². The lowest BCUT2D eigenvalue weighted by Gasteiger charge is -2.17. The molecule has 1 N–H and O–H groups in total. The van der Waals surface area contributed by atoms with Gasteiger partial charge < -0.3 is 5.32 Å². The van der Waals surface area contributed by atoms with Crippen molar-refractivity contribution in [2.75, 3.05) is 5.75 Å². The molecule has 1 fully saturated rings. The largest absolute Gasteiger partial charge is 0.307 e. The van der Waals surface area contributed by atoms with Gasteiger partial charge in [-0.2, -0.15) is 0 Å². The van der Waals surface area contributed by atoms with Crippen LogP contribution in [0.4, 0.5) is 0 Å². The average Bonchev–Trinajstić information content (AvgIpc) is 2.78. The van der Waals surface area contributed by atoms with Gasteiger partial charge in [-0.1, -0.05) is 18.9 Å². The third-order valence-corrected chi connectivity index (χ3v) is 4.21. The SMILES string of the molecule is CC(CC1CC1)NC1C=CS(=O)(=O)C1. The van der Waals surface area contributed by atoms with Gasteiger partial charge in [-0.05, 0) is 19.3 Å².